The molecule has 0 aliphatic carbocycles. The largest absolute Gasteiger partial charge is 0.504 e. The second-order valence-electron chi connectivity index (χ2n) is 3.75. The Morgan fingerprint density at radius 2 is 2.06 bits per heavy atom. The lowest BCUT2D eigenvalue weighted by Gasteiger charge is -2.01. The van der Waals surface area contributed by atoms with Gasteiger partial charge >= 0.3 is 0 Å². The number of nitrogens with zero attached hydrogens (tertiary/aromatic N) is 2. The third kappa shape index (κ3) is 2.41. The van der Waals surface area contributed by atoms with Crippen molar-refractivity contribution in [2.45, 2.75) is 12.5 Å². The van der Waals surface area contributed by atoms with Crippen LogP contribution < -0.4 is 5.73 Å². The van der Waals surface area contributed by atoms with E-state index in [1.54, 1.807) is 0 Å². The van der Waals surface area contributed by atoms with Gasteiger partial charge in [-0.25, -0.2) is 0 Å². The summed E-state index contributed by atoms with van der Waals surface area (Å²) < 4.78 is 4.89. The molecule has 0 fully saturated rings. The van der Waals surface area contributed by atoms with Gasteiger partial charge in [0, 0.05) is 5.56 Å². The fourth-order valence-corrected chi connectivity index (χ4v) is 1.43. The number of aromatic nitrogens is 2. The third-order valence-corrected chi connectivity index (χ3v) is 2.40. The van der Waals surface area contributed by atoms with Crippen LogP contribution in [0.4, 0.5) is 0 Å². The summed E-state index contributed by atoms with van der Waals surface area (Å²) in [6.45, 7) is 0.304. The topological polar surface area (TPSA) is 126 Å². The molecule has 0 bridgehead atoms. The molecule has 5 N–H and O–H groups in total. The predicted octanol–water partition coefficient (Wildman–Crippen LogP) is 0.530. The van der Waals surface area contributed by atoms with Gasteiger partial charge in [0.15, 0.2) is 11.5 Å². The first-order valence-corrected chi connectivity index (χ1v) is 5.36. The Bertz CT molecular complexity index is 541. The van der Waals surface area contributed by atoms with Crippen molar-refractivity contribution in [3.05, 3.63) is 24.1 Å². The van der Waals surface area contributed by atoms with Crippen LogP contribution in [0.25, 0.3) is 11.4 Å². The summed E-state index contributed by atoms with van der Waals surface area (Å²) in [6.07, 6.45) is -0.579. The number of phenolic OH excluding ortho intramolecular Hbond substituents is 2. The van der Waals surface area contributed by atoms with Gasteiger partial charge in [0.05, 0.1) is 0 Å². The zero-order chi connectivity index (χ0) is 13.1. The van der Waals surface area contributed by atoms with Crippen molar-refractivity contribution in [2.75, 3.05) is 6.54 Å². The predicted molar refractivity (Wildman–Crippen MR) is 61.7 cm³/mol. The molecule has 96 valence electrons. The molecular formula is C11H13N3O4. The average Bonchev–Trinajstić information content (AvgIpc) is 2.82. The molecule has 0 saturated heterocycles. The number of aromatic hydroxyl groups is 2. The van der Waals surface area contributed by atoms with Crippen molar-refractivity contribution < 1.29 is 19.8 Å². The van der Waals surface area contributed by atoms with Crippen LogP contribution in [0.3, 0.4) is 0 Å². The van der Waals surface area contributed by atoms with Gasteiger partial charge in [-0.2, -0.15) is 4.98 Å². The van der Waals surface area contributed by atoms with Crippen molar-refractivity contribution in [1.29, 1.82) is 0 Å². The monoisotopic (exact) mass is 251 g/mol. The van der Waals surface area contributed by atoms with Gasteiger partial charge in [-0.3, -0.25) is 0 Å². The number of rotatable bonds is 4. The van der Waals surface area contributed by atoms with E-state index in [2.05, 4.69) is 10.1 Å². The first kappa shape index (κ1) is 12.3. The highest BCUT2D eigenvalue weighted by Gasteiger charge is 2.16. The van der Waals surface area contributed by atoms with E-state index >= 15 is 0 Å². The lowest BCUT2D eigenvalue weighted by atomic mass is 10.2. The van der Waals surface area contributed by atoms with Crippen molar-refractivity contribution in [3.8, 4) is 22.9 Å². The Hall–Kier alpha value is -2.12. The summed E-state index contributed by atoms with van der Waals surface area (Å²) >= 11 is 0. The number of aliphatic hydroxyl groups excluding tert-OH is 1. The van der Waals surface area contributed by atoms with E-state index in [4.69, 9.17) is 10.3 Å². The molecule has 18 heavy (non-hydrogen) atoms. The molecule has 0 aliphatic heterocycles. The minimum Gasteiger partial charge on any atom is -0.504 e. The highest BCUT2D eigenvalue weighted by molar-refractivity contribution is 5.59. The van der Waals surface area contributed by atoms with Gasteiger partial charge in [0.2, 0.25) is 5.82 Å². The maximum absolute atomic E-state index is 9.61. The van der Waals surface area contributed by atoms with Crippen LogP contribution in [-0.4, -0.2) is 32.0 Å². The molecule has 1 atom stereocenters. The number of benzene rings is 1. The van der Waals surface area contributed by atoms with E-state index in [0.717, 1.165) is 0 Å². The van der Waals surface area contributed by atoms with E-state index in [-0.39, 0.29) is 23.2 Å². The van der Waals surface area contributed by atoms with Crippen molar-refractivity contribution >= 4 is 0 Å². The van der Waals surface area contributed by atoms with Gasteiger partial charge < -0.3 is 25.6 Å². The molecule has 2 rings (SSSR count). The van der Waals surface area contributed by atoms with Gasteiger partial charge in [-0.05, 0) is 31.2 Å². The van der Waals surface area contributed by atoms with E-state index < -0.39 is 6.10 Å². The first-order valence-electron chi connectivity index (χ1n) is 5.36. The van der Waals surface area contributed by atoms with Gasteiger partial charge in [-0.1, -0.05) is 5.16 Å². The van der Waals surface area contributed by atoms with Crippen molar-refractivity contribution in [2.24, 2.45) is 5.73 Å². The number of nitrogens with two attached hydrogens (primary N) is 1. The molecule has 1 aromatic carbocycles. The summed E-state index contributed by atoms with van der Waals surface area (Å²) in [4.78, 5) is 3.99. The molecule has 1 aromatic heterocycles. The van der Waals surface area contributed by atoms with Crippen LogP contribution in [0.1, 0.15) is 18.4 Å². The molecule has 2 aromatic rings. The SMILES string of the molecule is NCC[C@H](O)c1nc(-c2ccc(O)c(O)c2)no1. The minimum absolute atomic E-state index is 0.0722. The maximum atomic E-state index is 9.61. The summed E-state index contributed by atoms with van der Waals surface area (Å²) in [6, 6.07) is 4.15. The number of phenols is 2. The van der Waals surface area contributed by atoms with E-state index in [9.17, 15) is 15.3 Å². The minimum atomic E-state index is -0.901. The molecule has 1 heterocycles. The lowest BCUT2D eigenvalue weighted by Crippen LogP contribution is -2.06. The fraction of sp³-hybridized carbons (Fsp3) is 0.273. The van der Waals surface area contributed by atoms with Crippen LogP contribution in [0.5, 0.6) is 11.5 Å². The zero-order valence-electron chi connectivity index (χ0n) is 9.45. The van der Waals surface area contributed by atoms with Gasteiger partial charge in [0.25, 0.3) is 5.89 Å². The molecule has 0 spiro atoms. The highest BCUT2D eigenvalue weighted by Crippen LogP contribution is 2.29. The summed E-state index contributed by atoms with van der Waals surface area (Å²) in [5.41, 5.74) is 5.78. The second kappa shape index (κ2) is 5.03. The van der Waals surface area contributed by atoms with E-state index in [1.165, 1.54) is 18.2 Å². The Labute approximate surface area is 102 Å². The number of hydrogen-bond acceptors (Lipinski definition) is 7. The summed E-state index contributed by atoms with van der Waals surface area (Å²) in [5, 5.41) is 31.8. The normalized spacial score (nSPS) is 12.6. The molecule has 0 radical (unpaired) electrons. The van der Waals surface area contributed by atoms with Gasteiger partial charge in [0.1, 0.15) is 6.10 Å². The first-order chi connectivity index (χ1) is 8.61. The Morgan fingerprint density at radius 3 is 2.72 bits per heavy atom. The van der Waals surface area contributed by atoms with Crippen molar-refractivity contribution in [1.82, 2.24) is 10.1 Å². The molecule has 0 unspecified atom stereocenters. The van der Waals surface area contributed by atoms with Crippen LogP contribution in [0, 0.1) is 0 Å². The number of hydrogen-bond donors (Lipinski definition) is 4. The lowest BCUT2D eigenvalue weighted by molar-refractivity contribution is 0.127. The standard InChI is InChI=1S/C11H13N3O4/c12-4-3-8(16)11-13-10(14-18-11)6-1-2-7(15)9(17)5-6/h1-2,5,8,15-17H,3-4,12H2/t8-/m0/s1. The molecule has 0 saturated carbocycles. The van der Waals surface area contributed by atoms with Crippen molar-refractivity contribution in [3.63, 3.8) is 0 Å². The molecule has 0 amide bonds. The average molecular weight is 251 g/mol. The molecule has 7 heteroatoms. The second-order valence-corrected chi connectivity index (χ2v) is 3.75. The zero-order valence-corrected chi connectivity index (χ0v) is 9.45. The Morgan fingerprint density at radius 1 is 1.28 bits per heavy atom. The van der Waals surface area contributed by atoms with Crippen LogP contribution in [0.15, 0.2) is 22.7 Å². The highest BCUT2D eigenvalue weighted by atomic mass is 16.5. The van der Waals surface area contributed by atoms with E-state index in [0.29, 0.717) is 18.5 Å². The smallest absolute Gasteiger partial charge is 0.255 e. The Kier molecular flexibility index (Phi) is 3.45. The molecule has 0 aliphatic rings. The van der Waals surface area contributed by atoms with Gasteiger partial charge in [-0.15, -0.1) is 0 Å². The van der Waals surface area contributed by atoms with E-state index in [1.807, 2.05) is 0 Å². The Balaban J connectivity index is 2.26. The summed E-state index contributed by atoms with van der Waals surface area (Å²) in [7, 11) is 0. The molecule has 7 nitrogen and oxygen atoms in total. The van der Waals surface area contributed by atoms with Crippen LogP contribution >= 0.6 is 0 Å². The van der Waals surface area contributed by atoms with Crippen LogP contribution in [0.2, 0.25) is 0 Å². The molecular weight excluding hydrogens is 238 g/mol. The summed E-state index contributed by atoms with van der Waals surface area (Å²) in [5.74, 6) is -0.216. The fourth-order valence-electron chi connectivity index (χ4n) is 1.43. The maximum Gasteiger partial charge on any atom is 0.255 e. The third-order valence-electron chi connectivity index (χ3n) is 2.40. The van der Waals surface area contributed by atoms with Crippen LogP contribution in [-0.2, 0) is 0 Å². The quantitative estimate of drug-likeness (QED) is 0.584. The number of aliphatic hydroxyl groups is 1.